The van der Waals surface area contributed by atoms with E-state index in [1.807, 2.05) is 24.5 Å². The van der Waals surface area contributed by atoms with E-state index in [0.29, 0.717) is 5.94 Å². The third-order valence-corrected chi connectivity index (χ3v) is 5.15. The van der Waals surface area contributed by atoms with E-state index in [1.54, 1.807) is 30.2 Å². The molecular formula is C18H22N2O2S2. The highest BCUT2D eigenvalue weighted by Gasteiger charge is 2.12. The first-order chi connectivity index (χ1) is 11.8. The molecule has 0 fully saturated rings. The van der Waals surface area contributed by atoms with Crippen molar-refractivity contribution < 1.29 is 9.47 Å². The molecule has 0 spiro atoms. The highest BCUT2D eigenvalue weighted by atomic mass is 32.2. The number of thiazole rings is 1. The van der Waals surface area contributed by atoms with Crippen molar-refractivity contribution >= 4 is 40.3 Å². The summed E-state index contributed by atoms with van der Waals surface area (Å²) in [5, 5.41) is 5.74. The van der Waals surface area contributed by atoms with Crippen molar-refractivity contribution in [2.45, 2.75) is 19.3 Å². The fourth-order valence-corrected chi connectivity index (χ4v) is 3.75. The van der Waals surface area contributed by atoms with Gasteiger partial charge in [-0.15, -0.1) is 11.8 Å². The van der Waals surface area contributed by atoms with Crippen LogP contribution in [0, 0.1) is 0 Å². The smallest absolute Gasteiger partial charge is 0.162 e. The van der Waals surface area contributed by atoms with Crippen molar-refractivity contribution in [2.24, 2.45) is 0 Å². The number of benzene rings is 1. The Morgan fingerprint density at radius 1 is 1.29 bits per heavy atom. The highest BCUT2D eigenvalue weighted by molar-refractivity contribution is 7.98. The second kappa shape index (κ2) is 8.44. The SMILES string of the molecule is COc1cc(C=Cc2nc3c(s2)NCCCC3)ccc1OCSC. The van der Waals surface area contributed by atoms with Crippen molar-refractivity contribution in [3.8, 4) is 11.5 Å². The second-order valence-electron chi connectivity index (χ2n) is 5.51. The molecule has 0 amide bonds. The number of anilines is 1. The zero-order chi connectivity index (χ0) is 16.8. The first-order valence-corrected chi connectivity index (χ1v) is 10.2. The maximum absolute atomic E-state index is 5.66. The van der Waals surface area contributed by atoms with Gasteiger partial charge in [0.25, 0.3) is 0 Å². The van der Waals surface area contributed by atoms with Crippen LogP contribution < -0.4 is 14.8 Å². The lowest BCUT2D eigenvalue weighted by atomic mass is 10.2. The maximum atomic E-state index is 5.66. The van der Waals surface area contributed by atoms with Crippen molar-refractivity contribution in [1.82, 2.24) is 4.98 Å². The molecule has 3 rings (SSSR count). The molecule has 4 nitrogen and oxygen atoms in total. The summed E-state index contributed by atoms with van der Waals surface area (Å²) >= 11 is 3.36. The van der Waals surface area contributed by atoms with E-state index in [0.717, 1.165) is 35.0 Å². The lowest BCUT2D eigenvalue weighted by molar-refractivity contribution is 0.344. The molecule has 0 aliphatic carbocycles. The summed E-state index contributed by atoms with van der Waals surface area (Å²) in [4.78, 5) is 4.74. The molecule has 0 atom stereocenters. The number of thioether (sulfide) groups is 1. The Hall–Kier alpha value is -1.66. The van der Waals surface area contributed by atoms with Crippen LogP contribution >= 0.6 is 23.1 Å². The number of aryl methyl sites for hydroxylation is 1. The van der Waals surface area contributed by atoms with Gasteiger partial charge in [-0.3, -0.25) is 0 Å². The Bertz CT molecular complexity index is 690. The minimum absolute atomic E-state index is 0.614. The Labute approximate surface area is 151 Å². The number of hydrogen-bond acceptors (Lipinski definition) is 6. The van der Waals surface area contributed by atoms with Crippen LogP contribution in [0.3, 0.4) is 0 Å². The van der Waals surface area contributed by atoms with E-state index in [1.165, 1.54) is 23.5 Å². The molecule has 0 radical (unpaired) electrons. The van der Waals surface area contributed by atoms with Crippen molar-refractivity contribution in [3.63, 3.8) is 0 Å². The fourth-order valence-electron chi connectivity index (χ4n) is 2.57. The van der Waals surface area contributed by atoms with Gasteiger partial charge in [0.15, 0.2) is 11.5 Å². The van der Waals surface area contributed by atoms with Gasteiger partial charge < -0.3 is 14.8 Å². The van der Waals surface area contributed by atoms with Gasteiger partial charge in [0, 0.05) is 6.54 Å². The summed E-state index contributed by atoms with van der Waals surface area (Å²) in [5.74, 6) is 2.14. The van der Waals surface area contributed by atoms with Gasteiger partial charge in [0.05, 0.1) is 12.8 Å². The number of ether oxygens (including phenoxy) is 2. The summed E-state index contributed by atoms with van der Waals surface area (Å²) < 4.78 is 11.1. The van der Waals surface area contributed by atoms with E-state index < -0.39 is 0 Å². The summed E-state index contributed by atoms with van der Waals surface area (Å²) in [6.45, 7) is 1.05. The molecule has 24 heavy (non-hydrogen) atoms. The molecule has 0 saturated carbocycles. The third kappa shape index (κ3) is 4.24. The van der Waals surface area contributed by atoms with Gasteiger partial charge in [-0.1, -0.05) is 23.5 Å². The van der Waals surface area contributed by atoms with Crippen LogP contribution in [0.15, 0.2) is 18.2 Å². The van der Waals surface area contributed by atoms with Crippen LogP contribution in [0.5, 0.6) is 11.5 Å². The normalized spacial score (nSPS) is 14.1. The lowest BCUT2D eigenvalue weighted by Crippen LogP contribution is -1.96. The van der Waals surface area contributed by atoms with Crippen molar-refractivity contribution in [1.29, 1.82) is 0 Å². The summed E-state index contributed by atoms with van der Waals surface area (Å²) in [7, 11) is 1.66. The number of methoxy groups -OCH3 is 1. The van der Waals surface area contributed by atoms with Crippen LogP contribution in [-0.4, -0.2) is 30.8 Å². The third-order valence-electron chi connectivity index (χ3n) is 3.78. The van der Waals surface area contributed by atoms with Gasteiger partial charge in [-0.25, -0.2) is 4.98 Å². The number of rotatable bonds is 6. The Morgan fingerprint density at radius 2 is 2.21 bits per heavy atom. The van der Waals surface area contributed by atoms with Crippen LogP contribution in [0.1, 0.15) is 29.1 Å². The maximum Gasteiger partial charge on any atom is 0.162 e. The minimum atomic E-state index is 0.614. The molecule has 1 aromatic heterocycles. The number of nitrogens with one attached hydrogen (secondary N) is 1. The molecule has 1 aromatic carbocycles. The Balaban J connectivity index is 1.74. The molecule has 1 aliphatic rings. The summed E-state index contributed by atoms with van der Waals surface area (Å²) in [6.07, 6.45) is 9.65. The number of hydrogen-bond donors (Lipinski definition) is 1. The van der Waals surface area contributed by atoms with Crippen molar-refractivity contribution in [2.75, 3.05) is 31.2 Å². The molecule has 0 unspecified atom stereocenters. The molecule has 2 heterocycles. The van der Waals surface area contributed by atoms with E-state index in [2.05, 4.69) is 17.5 Å². The largest absolute Gasteiger partial charge is 0.493 e. The number of nitrogens with zero attached hydrogens (tertiary/aromatic N) is 1. The topological polar surface area (TPSA) is 43.4 Å². The molecule has 0 saturated heterocycles. The minimum Gasteiger partial charge on any atom is -0.493 e. The van der Waals surface area contributed by atoms with E-state index in [9.17, 15) is 0 Å². The van der Waals surface area contributed by atoms with Gasteiger partial charge in [-0.05, 0) is 49.3 Å². The van der Waals surface area contributed by atoms with Gasteiger partial charge in [0.1, 0.15) is 15.9 Å². The molecule has 0 bridgehead atoms. The van der Waals surface area contributed by atoms with Crippen LogP contribution in [0.25, 0.3) is 12.2 Å². The Kier molecular flexibility index (Phi) is 6.04. The average molecular weight is 363 g/mol. The van der Waals surface area contributed by atoms with Crippen LogP contribution in [0.2, 0.25) is 0 Å². The standard InChI is InChI=1S/C18H22N2O2S2/c1-21-16-11-13(6-8-15(16)22-12-23-2)7-9-17-20-14-5-3-4-10-19-18(14)24-17/h6-9,11,19H,3-5,10,12H2,1-2H3. The first kappa shape index (κ1) is 17.2. The quantitative estimate of drug-likeness (QED) is 0.750. The monoisotopic (exact) mass is 362 g/mol. The predicted molar refractivity (Wildman–Crippen MR) is 104 cm³/mol. The zero-order valence-electron chi connectivity index (χ0n) is 14.0. The van der Waals surface area contributed by atoms with E-state index in [4.69, 9.17) is 14.5 Å². The molecular weight excluding hydrogens is 340 g/mol. The van der Waals surface area contributed by atoms with Crippen molar-refractivity contribution in [3.05, 3.63) is 34.5 Å². The predicted octanol–water partition coefficient (Wildman–Crippen LogP) is 4.77. The summed E-state index contributed by atoms with van der Waals surface area (Å²) in [6, 6.07) is 5.97. The average Bonchev–Trinajstić information content (AvgIpc) is 2.87. The van der Waals surface area contributed by atoms with Crippen LogP contribution in [-0.2, 0) is 6.42 Å². The number of fused-ring (bicyclic) bond motifs is 1. The second-order valence-corrected chi connectivity index (χ2v) is 7.35. The molecule has 6 heteroatoms. The molecule has 128 valence electrons. The fraction of sp³-hybridized carbons (Fsp3) is 0.389. The van der Waals surface area contributed by atoms with Crippen LogP contribution in [0.4, 0.5) is 5.00 Å². The van der Waals surface area contributed by atoms with Gasteiger partial charge in [-0.2, -0.15) is 0 Å². The molecule has 2 aromatic rings. The van der Waals surface area contributed by atoms with Gasteiger partial charge >= 0.3 is 0 Å². The first-order valence-electron chi connectivity index (χ1n) is 8.01. The molecule has 1 aliphatic heterocycles. The lowest BCUT2D eigenvalue weighted by Gasteiger charge is -2.10. The zero-order valence-corrected chi connectivity index (χ0v) is 15.6. The van der Waals surface area contributed by atoms with Gasteiger partial charge in [0.2, 0.25) is 0 Å². The summed E-state index contributed by atoms with van der Waals surface area (Å²) in [5.41, 5.74) is 2.28. The number of aromatic nitrogens is 1. The molecule has 1 N–H and O–H groups in total. The highest BCUT2D eigenvalue weighted by Crippen LogP contribution is 2.31. The Morgan fingerprint density at radius 3 is 3.04 bits per heavy atom. The van der Waals surface area contributed by atoms with E-state index >= 15 is 0 Å². The van der Waals surface area contributed by atoms with E-state index in [-0.39, 0.29) is 0 Å².